The maximum Gasteiger partial charge on any atom is 0.0233 e. The zero-order chi connectivity index (χ0) is 11.3. The number of rotatable bonds is 5. The predicted octanol–water partition coefficient (Wildman–Crippen LogP) is 3.62. The molecule has 0 radical (unpaired) electrons. The normalized spacial score (nSPS) is 11.3. The first-order valence-corrected chi connectivity index (χ1v) is 5.93. The molecule has 0 atom stereocenters. The van der Waals surface area contributed by atoms with Gasteiger partial charge in [0.05, 0.1) is 0 Å². The van der Waals surface area contributed by atoms with Crippen molar-refractivity contribution in [2.75, 3.05) is 7.05 Å². The van der Waals surface area contributed by atoms with Gasteiger partial charge in [0.15, 0.2) is 0 Å². The van der Waals surface area contributed by atoms with Crippen molar-refractivity contribution < 1.29 is 0 Å². The molecule has 0 aliphatic carbocycles. The SMILES string of the molecule is CCC(CC)N(C)Cc1ccc(C)cc1. The minimum Gasteiger partial charge on any atom is -0.299 e. The average Bonchev–Trinajstić information content (AvgIpc) is 2.23. The van der Waals surface area contributed by atoms with Crippen molar-refractivity contribution in [1.29, 1.82) is 0 Å². The topological polar surface area (TPSA) is 3.24 Å². The molecule has 0 bridgehead atoms. The second kappa shape index (κ2) is 5.92. The van der Waals surface area contributed by atoms with E-state index in [1.165, 1.54) is 24.0 Å². The molecule has 1 heteroatoms. The molecule has 1 aromatic rings. The quantitative estimate of drug-likeness (QED) is 0.709. The fourth-order valence-electron chi connectivity index (χ4n) is 2.02. The van der Waals surface area contributed by atoms with E-state index < -0.39 is 0 Å². The molecule has 0 saturated carbocycles. The highest BCUT2D eigenvalue weighted by atomic mass is 15.1. The van der Waals surface area contributed by atoms with Crippen molar-refractivity contribution in [3.05, 3.63) is 35.4 Å². The van der Waals surface area contributed by atoms with Gasteiger partial charge in [-0.15, -0.1) is 0 Å². The summed E-state index contributed by atoms with van der Waals surface area (Å²) >= 11 is 0. The van der Waals surface area contributed by atoms with Gasteiger partial charge in [0, 0.05) is 12.6 Å². The van der Waals surface area contributed by atoms with Gasteiger partial charge in [0.1, 0.15) is 0 Å². The molecule has 0 aliphatic rings. The van der Waals surface area contributed by atoms with Crippen LogP contribution in [0.25, 0.3) is 0 Å². The first-order valence-electron chi connectivity index (χ1n) is 5.93. The molecule has 0 spiro atoms. The van der Waals surface area contributed by atoms with Gasteiger partial charge in [-0.2, -0.15) is 0 Å². The average molecular weight is 205 g/mol. The molecule has 0 aromatic heterocycles. The lowest BCUT2D eigenvalue weighted by molar-refractivity contribution is 0.222. The summed E-state index contributed by atoms with van der Waals surface area (Å²) in [6.07, 6.45) is 2.47. The first kappa shape index (κ1) is 12.3. The number of benzene rings is 1. The Kier molecular flexibility index (Phi) is 4.83. The van der Waals surface area contributed by atoms with Crippen LogP contribution in [-0.2, 0) is 6.54 Å². The zero-order valence-electron chi connectivity index (χ0n) is 10.5. The van der Waals surface area contributed by atoms with Gasteiger partial charge in [-0.1, -0.05) is 43.7 Å². The highest BCUT2D eigenvalue weighted by Gasteiger charge is 2.09. The predicted molar refractivity (Wildman–Crippen MR) is 67.0 cm³/mol. The highest BCUT2D eigenvalue weighted by molar-refractivity contribution is 5.21. The van der Waals surface area contributed by atoms with Crippen LogP contribution in [0, 0.1) is 6.92 Å². The highest BCUT2D eigenvalue weighted by Crippen LogP contribution is 2.11. The Hall–Kier alpha value is -0.820. The second-order valence-electron chi connectivity index (χ2n) is 4.37. The number of aryl methyl sites for hydroxylation is 1. The Balaban J connectivity index is 2.57. The zero-order valence-corrected chi connectivity index (χ0v) is 10.5. The Morgan fingerprint density at radius 3 is 2.07 bits per heavy atom. The molecule has 0 fully saturated rings. The fraction of sp³-hybridized carbons (Fsp3) is 0.571. The van der Waals surface area contributed by atoms with Crippen molar-refractivity contribution in [3.8, 4) is 0 Å². The number of nitrogens with zero attached hydrogens (tertiary/aromatic N) is 1. The largest absolute Gasteiger partial charge is 0.299 e. The van der Waals surface area contributed by atoms with E-state index in [0.29, 0.717) is 6.04 Å². The van der Waals surface area contributed by atoms with Crippen LogP contribution in [0.3, 0.4) is 0 Å². The molecule has 0 heterocycles. The van der Waals surface area contributed by atoms with Crippen LogP contribution in [-0.4, -0.2) is 18.0 Å². The third-order valence-corrected chi connectivity index (χ3v) is 3.12. The van der Waals surface area contributed by atoms with E-state index in [2.05, 4.69) is 57.0 Å². The summed E-state index contributed by atoms with van der Waals surface area (Å²) in [7, 11) is 2.22. The Morgan fingerprint density at radius 2 is 1.60 bits per heavy atom. The van der Waals surface area contributed by atoms with Crippen LogP contribution in [0.15, 0.2) is 24.3 Å². The fourth-order valence-corrected chi connectivity index (χ4v) is 2.02. The Morgan fingerprint density at radius 1 is 1.07 bits per heavy atom. The standard InChI is InChI=1S/C14H23N/c1-5-14(6-2)15(4)11-13-9-7-12(3)8-10-13/h7-10,14H,5-6,11H2,1-4H3. The van der Waals surface area contributed by atoms with Crippen LogP contribution >= 0.6 is 0 Å². The Labute approximate surface area is 94.1 Å². The van der Waals surface area contributed by atoms with E-state index in [-0.39, 0.29) is 0 Å². The van der Waals surface area contributed by atoms with Gasteiger partial charge in [-0.25, -0.2) is 0 Å². The number of hydrogen-bond donors (Lipinski definition) is 0. The molecule has 0 saturated heterocycles. The van der Waals surface area contributed by atoms with E-state index in [0.717, 1.165) is 6.54 Å². The molecular formula is C14H23N. The molecule has 0 unspecified atom stereocenters. The van der Waals surface area contributed by atoms with Gasteiger partial charge in [-0.3, -0.25) is 4.90 Å². The third kappa shape index (κ3) is 3.67. The summed E-state index contributed by atoms with van der Waals surface area (Å²) < 4.78 is 0. The summed E-state index contributed by atoms with van der Waals surface area (Å²) in [6, 6.07) is 9.56. The van der Waals surface area contributed by atoms with Gasteiger partial charge in [-0.05, 0) is 32.4 Å². The second-order valence-corrected chi connectivity index (χ2v) is 4.37. The summed E-state index contributed by atoms with van der Waals surface area (Å²) in [5.41, 5.74) is 2.75. The number of hydrogen-bond acceptors (Lipinski definition) is 1. The molecule has 15 heavy (non-hydrogen) atoms. The molecule has 0 amide bonds. The van der Waals surface area contributed by atoms with Crippen LogP contribution in [0.1, 0.15) is 37.8 Å². The third-order valence-electron chi connectivity index (χ3n) is 3.12. The maximum absolute atomic E-state index is 2.45. The van der Waals surface area contributed by atoms with Crippen molar-refractivity contribution in [2.45, 2.75) is 46.2 Å². The first-order chi connectivity index (χ1) is 7.17. The van der Waals surface area contributed by atoms with Gasteiger partial charge in [0.25, 0.3) is 0 Å². The molecule has 84 valence electrons. The van der Waals surface area contributed by atoms with Crippen molar-refractivity contribution in [1.82, 2.24) is 4.90 Å². The summed E-state index contributed by atoms with van der Waals surface area (Å²) in [6.45, 7) is 7.72. The van der Waals surface area contributed by atoms with Gasteiger partial charge in [0.2, 0.25) is 0 Å². The van der Waals surface area contributed by atoms with E-state index in [9.17, 15) is 0 Å². The van der Waals surface area contributed by atoms with Gasteiger partial charge < -0.3 is 0 Å². The van der Waals surface area contributed by atoms with Crippen LogP contribution in [0.5, 0.6) is 0 Å². The lowest BCUT2D eigenvalue weighted by atomic mass is 10.1. The summed E-state index contributed by atoms with van der Waals surface area (Å²) in [5.74, 6) is 0. The van der Waals surface area contributed by atoms with Crippen LogP contribution in [0.2, 0.25) is 0 Å². The van der Waals surface area contributed by atoms with E-state index >= 15 is 0 Å². The summed E-state index contributed by atoms with van der Waals surface area (Å²) in [5, 5.41) is 0. The molecule has 1 nitrogen and oxygen atoms in total. The lowest BCUT2D eigenvalue weighted by Crippen LogP contribution is -2.29. The van der Waals surface area contributed by atoms with Crippen molar-refractivity contribution >= 4 is 0 Å². The van der Waals surface area contributed by atoms with Crippen molar-refractivity contribution in [3.63, 3.8) is 0 Å². The Bertz CT molecular complexity index is 272. The minimum absolute atomic E-state index is 0.714. The summed E-state index contributed by atoms with van der Waals surface area (Å²) in [4.78, 5) is 2.45. The lowest BCUT2D eigenvalue weighted by Gasteiger charge is -2.26. The molecule has 1 rings (SSSR count). The molecule has 1 aromatic carbocycles. The molecular weight excluding hydrogens is 182 g/mol. The van der Waals surface area contributed by atoms with Crippen LogP contribution < -0.4 is 0 Å². The van der Waals surface area contributed by atoms with E-state index in [4.69, 9.17) is 0 Å². The molecule has 0 aliphatic heterocycles. The van der Waals surface area contributed by atoms with Gasteiger partial charge >= 0.3 is 0 Å². The minimum atomic E-state index is 0.714. The molecule has 0 N–H and O–H groups in total. The smallest absolute Gasteiger partial charge is 0.0233 e. The monoisotopic (exact) mass is 205 g/mol. The van der Waals surface area contributed by atoms with E-state index in [1.54, 1.807) is 0 Å². The maximum atomic E-state index is 2.45. The van der Waals surface area contributed by atoms with Crippen molar-refractivity contribution in [2.24, 2.45) is 0 Å². The van der Waals surface area contributed by atoms with Crippen LogP contribution in [0.4, 0.5) is 0 Å². The van der Waals surface area contributed by atoms with E-state index in [1.807, 2.05) is 0 Å².